The monoisotopic (exact) mass is 183 g/mol. The number of likely N-dealkylation sites (tertiary alicyclic amines) is 1. The van der Waals surface area contributed by atoms with E-state index in [1.807, 2.05) is 0 Å². The Morgan fingerprint density at radius 2 is 2.00 bits per heavy atom. The maximum Gasteiger partial charge on any atom is 0.329 e. The molecule has 0 spiro atoms. The molecule has 1 amide bonds. The SMILES string of the molecule is O=C1CC(=O)N(C2(C(=O)O)CC2)C1. The number of amides is 1. The van der Waals surface area contributed by atoms with Crippen LogP contribution in [0.5, 0.6) is 0 Å². The van der Waals surface area contributed by atoms with Gasteiger partial charge in [-0.2, -0.15) is 0 Å². The quantitative estimate of drug-likeness (QED) is 0.580. The summed E-state index contributed by atoms with van der Waals surface area (Å²) >= 11 is 0. The van der Waals surface area contributed by atoms with Crippen molar-refractivity contribution in [3.8, 4) is 0 Å². The van der Waals surface area contributed by atoms with E-state index >= 15 is 0 Å². The van der Waals surface area contributed by atoms with Crippen LogP contribution >= 0.6 is 0 Å². The highest BCUT2D eigenvalue weighted by molar-refractivity contribution is 6.07. The standard InChI is InChI=1S/C8H9NO4/c10-5-3-6(11)9(4-5)8(1-2-8)7(12)13/h1-4H2,(H,12,13). The molecule has 0 aromatic heterocycles. The van der Waals surface area contributed by atoms with Crippen LogP contribution in [-0.4, -0.2) is 39.7 Å². The summed E-state index contributed by atoms with van der Waals surface area (Å²) < 4.78 is 0. The molecule has 70 valence electrons. The van der Waals surface area contributed by atoms with Gasteiger partial charge in [0.2, 0.25) is 5.91 Å². The van der Waals surface area contributed by atoms with Crippen LogP contribution in [0.2, 0.25) is 0 Å². The van der Waals surface area contributed by atoms with E-state index in [-0.39, 0.29) is 24.7 Å². The molecule has 1 saturated carbocycles. The van der Waals surface area contributed by atoms with Gasteiger partial charge in [-0.25, -0.2) is 4.79 Å². The van der Waals surface area contributed by atoms with Gasteiger partial charge in [-0.15, -0.1) is 0 Å². The number of carbonyl (C=O) groups is 3. The number of carboxylic acid groups (broad SMARTS) is 1. The van der Waals surface area contributed by atoms with Gasteiger partial charge in [0.1, 0.15) is 5.54 Å². The van der Waals surface area contributed by atoms with Gasteiger partial charge in [0, 0.05) is 0 Å². The smallest absolute Gasteiger partial charge is 0.329 e. The Hall–Kier alpha value is -1.39. The minimum atomic E-state index is -1.04. The molecule has 0 atom stereocenters. The molecule has 1 aliphatic heterocycles. The summed E-state index contributed by atoms with van der Waals surface area (Å²) in [6, 6.07) is 0. The molecule has 1 heterocycles. The van der Waals surface area contributed by atoms with Crippen LogP contribution in [0.1, 0.15) is 19.3 Å². The second kappa shape index (κ2) is 2.31. The molecule has 2 aliphatic rings. The van der Waals surface area contributed by atoms with Crippen molar-refractivity contribution in [3.63, 3.8) is 0 Å². The second-order valence-electron chi connectivity index (χ2n) is 3.53. The summed E-state index contributed by atoms with van der Waals surface area (Å²) in [5.41, 5.74) is -1.04. The largest absolute Gasteiger partial charge is 0.479 e. The van der Waals surface area contributed by atoms with Crippen LogP contribution in [0.15, 0.2) is 0 Å². The third kappa shape index (κ3) is 1.03. The molecule has 1 saturated heterocycles. The Bertz CT molecular complexity index is 305. The normalized spacial score (nSPS) is 25.1. The van der Waals surface area contributed by atoms with Crippen molar-refractivity contribution in [3.05, 3.63) is 0 Å². The fraction of sp³-hybridized carbons (Fsp3) is 0.625. The lowest BCUT2D eigenvalue weighted by Gasteiger charge is -2.22. The first-order valence-corrected chi connectivity index (χ1v) is 4.12. The van der Waals surface area contributed by atoms with Crippen molar-refractivity contribution >= 4 is 17.7 Å². The van der Waals surface area contributed by atoms with Gasteiger partial charge in [-0.1, -0.05) is 0 Å². The summed E-state index contributed by atoms with van der Waals surface area (Å²) in [5.74, 6) is -1.52. The Labute approximate surface area is 74.3 Å². The summed E-state index contributed by atoms with van der Waals surface area (Å²) in [4.78, 5) is 34.1. The van der Waals surface area contributed by atoms with Crippen LogP contribution in [0, 0.1) is 0 Å². The van der Waals surface area contributed by atoms with Gasteiger partial charge in [-0.3, -0.25) is 9.59 Å². The highest BCUT2D eigenvalue weighted by atomic mass is 16.4. The Morgan fingerprint density at radius 1 is 1.38 bits per heavy atom. The summed E-state index contributed by atoms with van der Waals surface area (Å²) in [7, 11) is 0. The van der Waals surface area contributed by atoms with E-state index in [9.17, 15) is 14.4 Å². The topological polar surface area (TPSA) is 74.7 Å². The molecule has 13 heavy (non-hydrogen) atoms. The number of carboxylic acids is 1. The van der Waals surface area contributed by atoms with Crippen LogP contribution < -0.4 is 0 Å². The van der Waals surface area contributed by atoms with E-state index in [0.717, 1.165) is 0 Å². The third-order valence-electron chi connectivity index (χ3n) is 2.62. The minimum Gasteiger partial charge on any atom is -0.479 e. The van der Waals surface area contributed by atoms with Crippen LogP contribution in [-0.2, 0) is 14.4 Å². The second-order valence-corrected chi connectivity index (χ2v) is 3.53. The number of rotatable bonds is 2. The maximum absolute atomic E-state index is 11.2. The maximum atomic E-state index is 11.2. The third-order valence-corrected chi connectivity index (χ3v) is 2.62. The number of carbonyl (C=O) groups excluding carboxylic acids is 2. The molecule has 5 heteroatoms. The van der Waals surface area contributed by atoms with Crippen molar-refractivity contribution in [2.45, 2.75) is 24.8 Å². The van der Waals surface area contributed by atoms with Crippen molar-refractivity contribution in [1.29, 1.82) is 0 Å². The van der Waals surface area contributed by atoms with Gasteiger partial charge >= 0.3 is 5.97 Å². The number of hydrogen-bond acceptors (Lipinski definition) is 3. The number of Topliss-reactive ketones (excluding diaryl/α,β-unsaturated/α-hetero) is 1. The van der Waals surface area contributed by atoms with Crippen LogP contribution in [0.4, 0.5) is 0 Å². The van der Waals surface area contributed by atoms with Gasteiger partial charge < -0.3 is 10.0 Å². The molecule has 0 unspecified atom stereocenters. The van der Waals surface area contributed by atoms with Crippen molar-refractivity contribution in [1.82, 2.24) is 4.90 Å². The Morgan fingerprint density at radius 3 is 2.31 bits per heavy atom. The zero-order chi connectivity index (χ0) is 9.64. The lowest BCUT2D eigenvalue weighted by atomic mass is 10.2. The highest BCUT2D eigenvalue weighted by Crippen LogP contribution is 2.43. The molecular formula is C8H9NO4. The van der Waals surface area contributed by atoms with Crippen molar-refractivity contribution < 1.29 is 19.5 Å². The minimum absolute atomic E-state index is 0.0227. The van der Waals surface area contributed by atoms with Gasteiger partial charge in [0.25, 0.3) is 0 Å². The fourth-order valence-corrected chi connectivity index (χ4v) is 1.69. The van der Waals surface area contributed by atoms with Crippen molar-refractivity contribution in [2.24, 2.45) is 0 Å². The average molecular weight is 183 g/mol. The van der Waals surface area contributed by atoms with E-state index in [1.165, 1.54) is 4.90 Å². The van der Waals surface area contributed by atoms with Gasteiger partial charge in [0.05, 0.1) is 13.0 Å². The number of ketones is 1. The first-order valence-electron chi connectivity index (χ1n) is 4.12. The highest BCUT2D eigenvalue weighted by Gasteiger charge is 2.58. The molecule has 2 fully saturated rings. The summed E-state index contributed by atoms with van der Waals surface area (Å²) in [6.45, 7) is -0.0227. The molecular weight excluding hydrogens is 174 g/mol. The van der Waals surface area contributed by atoms with Gasteiger partial charge in [-0.05, 0) is 12.8 Å². The fourth-order valence-electron chi connectivity index (χ4n) is 1.69. The molecule has 2 rings (SSSR count). The molecule has 0 aromatic carbocycles. The number of nitrogens with zero attached hydrogens (tertiary/aromatic N) is 1. The summed E-state index contributed by atoms with van der Waals surface area (Å²) in [6.07, 6.45) is 0.817. The first kappa shape index (κ1) is 8.22. The molecule has 0 radical (unpaired) electrons. The predicted octanol–water partition coefficient (Wildman–Crippen LogP) is -0.595. The average Bonchev–Trinajstić information content (AvgIpc) is 2.75. The molecule has 1 N–H and O–H groups in total. The summed E-state index contributed by atoms with van der Waals surface area (Å²) in [5, 5.41) is 8.86. The zero-order valence-electron chi connectivity index (χ0n) is 6.95. The Kier molecular flexibility index (Phi) is 1.46. The lowest BCUT2D eigenvalue weighted by Crippen LogP contribution is -2.44. The van der Waals surface area contributed by atoms with Gasteiger partial charge in [0.15, 0.2) is 5.78 Å². The first-order chi connectivity index (χ1) is 6.06. The Balaban J connectivity index is 2.22. The predicted molar refractivity (Wildman–Crippen MR) is 40.9 cm³/mol. The number of hydrogen-bond donors (Lipinski definition) is 1. The van der Waals surface area contributed by atoms with E-state index in [2.05, 4.69) is 0 Å². The van der Waals surface area contributed by atoms with Crippen LogP contribution in [0.3, 0.4) is 0 Å². The molecule has 5 nitrogen and oxygen atoms in total. The van der Waals surface area contributed by atoms with E-state index in [1.54, 1.807) is 0 Å². The van der Waals surface area contributed by atoms with E-state index in [0.29, 0.717) is 12.8 Å². The van der Waals surface area contributed by atoms with E-state index < -0.39 is 11.5 Å². The molecule has 0 bridgehead atoms. The lowest BCUT2D eigenvalue weighted by molar-refractivity contribution is -0.150. The van der Waals surface area contributed by atoms with E-state index in [4.69, 9.17) is 5.11 Å². The number of aliphatic carboxylic acids is 1. The van der Waals surface area contributed by atoms with Crippen molar-refractivity contribution in [2.75, 3.05) is 6.54 Å². The zero-order valence-corrected chi connectivity index (χ0v) is 6.95. The molecule has 0 aromatic rings. The van der Waals surface area contributed by atoms with Crippen LogP contribution in [0.25, 0.3) is 0 Å². The molecule has 1 aliphatic carbocycles.